The molecule has 0 aliphatic carbocycles. The van der Waals surface area contributed by atoms with Crippen molar-refractivity contribution in [3.05, 3.63) is 53.6 Å². The molecule has 140 valence electrons. The fourth-order valence-corrected chi connectivity index (χ4v) is 3.53. The lowest BCUT2D eigenvalue weighted by atomic mass is 10.1. The first kappa shape index (κ1) is 19.8. The van der Waals surface area contributed by atoms with Crippen molar-refractivity contribution in [1.29, 1.82) is 0 Å². The number of nitrogens with one attached hydrogen (secondary N) is 1. The van der Waals surface area contributed by atoms with Crippen LogP contribution >= 0.6 is 0 Å². The Morgan fingerprint density at radius 3 is 2.35 bits per heavy atom. The average Bonchev–Trinajstić information content (AvgIpc) is 2.57. The second-order valence-corrected chi connectivity index (χ2v) is 8.06. The van der Waals surface area contributed by atoms with Crippen LogP contribution < -0.4 is 14.4 Å². The summed E-state index contributed by atoms with van der Waals surface area (Å²) >= 11 is 0. The number of nitrogens with zero attached hydrogens (tertiary/aromatic N) is 1. The number of sulfonamides is 1. The molecule has 0 radical (unpaired) electrons. The molecule has 7 heteroatoms. The number of methoxy groups -OCH3 is 1. The summed E-state index contributed by atoms with van der Waals surface area (Å²) in [5.41, 5.74) is 3.04. The zero-order valence-corrected chi connectivity index (χ0v) is 16.3. The van der Waals surface area contributed by atoms with Crippen LogP contribution in [0.2, 0.25) is 0 Å². The van der Waals surface area contributed by atoms with Gasteiger partial charge in [-0.25, -0.2) is 8.42 Å². The summed E-state index contributed by atoms with van der Waals surface area (Å²) in [6.07, 6.45) is 1.20. The number of benzene rings is 2. The zero-order chi connectivity index (χ0) is 19.3. The minimum absolute atomic E-state index is 0.0481. The molecule has 0 saturated heterocycles. The van der Waals surface area contributed by atoms with E-state index in [9.17, 15) is 13.2 Å². The van der Waals surface area contributed by atoms with E-state index in [0.717, 1.165) is 17.4 Å². The summed E-state index contributed by atoms with van der Waals surface area (Å²) in [5.74, 6) is 0.440. The molecule has 0 fully saturated rings. The second-order valence-electron chi connectivity index (χ2n) is 6.15. The highest BCUT2D eigenvalue weighted by Gasteiger charge is 2.20. The van der Waals surface area contributed by atoms with Gasteiger partial charge in [0.15, 0.2) is 0 Å². The van der Waals surface area contributed by atoms with Gasteiger partial charge < -0.3 is 10.1 Å². The van der Waals surface area contributed by atoms with E-state index in [4.69, 9.17) is 4.74 Å². The number of hydrogen-bond donors (Lipinski definition) is 1. The number of amides is 1. The van der Waals surface area contributed by atoms with Gasteiger partial charge in [-0.1, -0.05) is 12.1 Å². The largest absolute Gasteiger partial charge is 0.497 e. The molecule has 0 atom stereocenters. The van der Waals surface area contributed by atoms with Crippen molar-refractivity contribution in [1.82, 2.24) is 0 Å². The normalized spacial score (nSPS) is 11.1. The Labute approximate surface area is 154 Å². The van der Waals surface area contributed by atoms with Crippen LogP contribution in [0.1, 0.15) is 17.5 Å². The monoisotopic (exact) mass is 376 g/mol. The Morgan fingerprint density at radius 1 is 1.12 bits per heavy atom. The van der Waals surface area contributed by atoms with E-state index in [1.807, 2.05) is 32.0 Å². The van der Waals surface area contributed by atoms with Crippen molar-refractivity contribution < 1.29 is 17.9 Å². The summed E-state index contributed by atoms with van der Waals surface area (Å²) < 4.78 is 30.8. The number of rotatable bonds is 7. The molecule has 0 aliphatic rings. The highest BCUT2D eigenvalue weighted by molar-refractivity contribution is 7.92. The van der Waals surface area contributed by atoms with E-state index in [2.05, 4.69) is 5.32 Å². The predicted molar refractivity (Wildman–Crippen MR) is 104 cm³/mol. The number of hydrogen-bond acceptors (Lipinski definition) is 4. The van der Waals surface area contributed by atoms with Gasteiger partial charge in [0.25, 0.3) is 0 Å². The minimum atomic E-state index is -3.50. The van der Waals surface area contributed by atoms with Gasteiger partial charge in [0.1, 0.15) is 5.75 Å². The molecule has 1 amide bonds. The van der Waals surface area contributed by atoms with Crippen LogP contribution in [0.5, 0.6) is 5.75 Å². The maximum absolute atomic E-state index is 12.2. The van der Waals surface area contributed by atoms with Crippen LogP contribution in [0, 0.1) is 13.8 Å². The van der Waals surface area contributed by atoms with Gasteiger partial charge in [-0.05, 0) is 55.3 Å². The summed E-state index contributed by atoms with van der Waals surface area (Å²) in [6.45, 7) is 3.83. The molecular weight excluding hydrogens is 352 g/mol. The van der Waals surface area contributed by atoms with Crippen LogP contribution in [0.4, 0.5) is 11.4 Å². The van der Waals surface area contributed by atoms with Crippen molar-refractivity contribution >= 4 is 27.3 Å². The molecular formula is C19H24N2O4S. The Hall–Kier alpha value is -2.54. The van der Waals surface area contributed by atoms with Crippen LogP contribution in [0.25, 0.3) is 0 Å². The van der Waals surface area contributed by atoms with Gasteiger partial charge >= 0.3 is 0 Å². The standard InChI is InChI=1S/C19H24N2O4S/c1-14-5-6-15(2)18(13-14)21(26(4,23)24)12-11-19(22)20-16-7-9-17(25-3)10-8-16/h5-10,13H,11-12H2,1-4H3,(H,20,22). The van der Waals surface area contributed by atoms with Crippen molar-refractivity contribution in [2.75, 3.05) is 29.5 Å². The fourth-order valence-electron chi connectivity index (χ4n) is 2.55. The Kier molecular flexibility index (Phi) is 6.26. The lowest BCUT2D eigenvalue weighted by Gasteiger charge is -2.24. The zero-order valence-electron chi connectivity index (χ0n) is 15.4. The SMILES string of the molecule is COc1ccc(NC(=O)CCN(c2cc(C)ccc2C)S(C)(=O)=O)cc1. The number of ether oxygens (including phenoxy) is 1. The van der Waals surface area contributed by atoms with E-state index in [0.29, 0.717) is 17.1 Å². The third-order valence-electron chi connectivity index (χ3n) is 3.95. The van der Waals surface area contributed by atoms with Gasteiger partial charge in [-0.2, -0.15) is 0 Å². The second kappa shape index (κ2) is 8.23. The molecule has 0 aromatic heterocycles. The molecule has 0 heterocycles. The Bertz CT molecular complexity index is 877. The van der Waals surface area contributed by atoms with Gasteiger partial charge in [0.2, 0.25) is 15.9 Å². The lowest BCUT2D eigenvalue weighted by Crippen LogP contribution is -2.33. The quantitative estimate of drug-likeness (QED) is 0.806. The average molecular weight is 376 g/mol. The summed E-state index contributed by atoms with van der Waals surface area (Å²) in [5, 5.41) is 2.76. The van der Waals surface area contributed by atoms with E-state index < -0.39 is 10.0 Å². The predicted octanol–water partition coefficient (Wildman–Crippen LogP) is 3.11. The molecule has 1 N–H and O–H groups in total. The first-order valence-electron chi connectivity index (χ1n) is 8.19. The topological polar surface area (TPSA) is 75.7 Å². The number of carbonyl (C=O) groups excluding carboxylic acids is 1. The minimum Gasteiger partial charge on any atom is -0.497 e. The molecule has 2 rings (SSSR count). The molecule has 0 unspecified atom stereocenters. The van der Waals surface area contributed by atoms with E-state index >= 15 is 0 Å². The van der Waals surface area contributed by atoms with Crippen LogP contribution in [-0.2, 0) is 14.8 Å². The van der Waals surface area contributed by atoms with Gasteiger partial charge in [0, 0.05) is 18.7 Å². The molecule has 2 aromatic rings. The summed E-state index contributed by atoms with van der Waals surface area (Å²) in [4.78, 5) is 12.2. The van der Waals surface area contributed by atoms with Crippen LogP contribution in [-0.4, -0.2) is 34.2 Å². The molecule has 2 aromatic carbocycles. The van der Waals surface area contributed by atoms with Crippen molar-refractivity contribution in [2.24, 2.45) is 0 Å². The first-order valence-corrected chi connectivity index (χ1v) is 10.0. The smallest absolute Gasteiger partial charge is 0.232 e. The molecule has 26 heavy (non-hydrogen) atoms. The molecule has 0 bridgehead atoms. The lowest BCUT2D eigenvalue weighted by molar-refractivity contribution is -0.116. The maximum atomic E-state index is 12.2. The summed E-state index contributed by atoms with van der Waals surface area (Å²) in [7, 11) is -1.93. The highest BCUT2D eigenvalue weighted by atomic mass is 32.2. The van der Waals surface area contributed by atoms with Crippen molar-refractivity contribution in [3.63, 3.8) is 0 Å². The van der Waals surface area contributed by atoms with Crippen molar-refractivity contribution in [2.45, 2.75) is 20.3 Å². The molecule has 6 nitrogen and oxygen atoms in total. The van der Waals surface area contributed by atoms with E-state index in [1.165, 1.54) is 4.31 Å². The van der Waals surface area contributed by atoms with Gasteiger partial charge in [0.05, 0.1) is 19.1 Å². The Morgan fingerprint density at radius 2 is 1.77 bits per heavy atom. The molecule has 0 aliphatic heterocycles. The number of anilines is 2. The van der Waals surface area contributed by atoms with Crippen LogP contribution in [0.3, 0.4) is 0 Å². The third-order valence-corrected chi connectivity index (χ3v) is 5.13. The first-order chi connectivity index (χ1) is 12.2. The third kappa shape index (κ3) is 5.23. The Balaban J connectivity index is 2.09. The van der Waals surface area contributed by atoms with Gasteiger partial charge in [-0.15, -0.1) is 0 Å². The summed E-state index contributed by atoms with van der Waals surface area (Å²) in [6, 6.07) is 12.6. The highest BCUT2D eigenvalue weighted by Crippen LogP contribution is 2.24. The van der Waals surface area contributed by atoms with Crippen LogP contribution in [0.15, 0.2) is 42.5 Å². The number of carbonyl (C=O) groups is 1. The van der Waals surface area contributed by atoms with Gasteiger partial charge in [-0.3, -0.25) is 9.10 Å². The molecule has 0 saturated carbocycles. The van der Waals surface area contributed by atoms with E-state index in [1.54, 1.807) is 31.4 Å². The van der Waals surface area contributed by atoms with Crippen molar-refractivity contribution in [3.8, 4) is 5.75 Å². The van der Waals surface area contributed by atoms with E-state index in [-0.39, 0.29) is 18.9 Å². The molecule has 0 spiro atoms. The number of aryl methyl sites for hydroxylation is 2. The fraction of sp³-hybridized carbons (Fsp3) is 0.316. The maximum Gasteiger partial charge on any atom is 0.232 e.